The third-order valence-corrected chi connectivity index (χ3v) is 8.51. The summed E-state index contributed by atoms with van der Waals surface area (Å²) in [5.74, 6) is -1.39. The molecule has 43 heavy (non-hydrogen) atoms. The largest absolute Gasteiger partial charge is 0.508 e. The topological polar surface area (TPSA) is 234 Å². The number of nitrogens with one attached hydrogen (secondary N) is 2. The lowest BCUT2D eigenvalue weighted by Gasteiger charge is -2.14. The Bertz CT molecular complexity index is 1980. The molecule has 0 bridgehead atoms. The molecule has 15 nitrogen and oxygen atoms in total. The van der Waals surface area contributed by atoms with Crippen molar-refractivity contribution in [1.82, 2.24) is 0 Å². The zero-order valence-electron chi connectivity index (χ0n) is 22.0. The van der Waals surface area contributed by atoms with Gasteiger partial charge in [0.1, 0.15) is 16.3 Å². The zero-order valence-corrected chi connectivity index (χ0v) is 24.5. The van der Waals surface area contributed by atoms with Crippen LogP contribution in [0.4, 0.5) is 22.7 Å². The van der Waals surface area contributed by atoms with Crippen molar-refractivity contribution in [2.24, 2.45) is 10.2 Å². The normalized spacial score (nSPS) is 12.1. The molecule has 18 heteroatoms. The summed E-state index contributed by atoms with van der Waals surface area (Å²) in [7, 11) is -9.16. The fourth-order valence-corrected chi connectivity index (χ4v) is 6.21. The highest BCUT2D eigenvalue weighted by Gasteiger charge is 2.25. The highest BCUT2D eigenvalue weighted by atomic mass is 32.2. The predicted octanol–water partition coefficient (Wildman–Crippen LogP) is 5.41. The van der Waals surface area contributed by atoms with E-state index < -0.39 is 42.4 Å². The number of azo groups is 1. The Labute approximate surface area is 248 Å². The number of benzene rings is 4. The van der Waals surface area contributed by atoms with Gasteiger partial charge in [0.15, 0.2) is 5.75 Å². The summed E-state index contributed by atoms with van der Waals surface area (Å²) in [5, 5.41) is 42.8. The Kier molecular flexibility index (Phi) is 9.21. The van der Waals surface area contributed by atoms with E-state index in [1.807, 2.05) is 0 Å². The van der Waals surface area contributed by atoms with Gasteiger partial charge in [-0.2, -0.15) is 13.5 Å². The van der Waals surface area contributed by atoms with Crippen molar-refractivity contribution >= 4 is 71.6 Å². The van der Waals surface area contributed by atoms with Crippen LogP contribution < -0.4 is 10.0 Å². The lowest BCUT2D eigenvalue weighted by Crippen LogP contribution is -2.13. The van der Waals surface area contributed by atoms with Gasteiger partial charge in [-0.05, 0) is 72.5 Å². The number of phenols is 2. The molecule has 1 amide bonds. The van der Waals surface area contributed by atoms with E-state index in [1.165, 1.54) is 55.5 Å². The minimum Gasteiger partial charge on any atom is -0.508 e. The number of sulfonamides is 1. The molecule has 6 N–H and O–H groups in total. The lowest BCUT2D eigenvalue weighted by atomic mass is 10.1. The number of hydrogen-bond donors (Lipinski definition) is 6. The monoisotopic (exact) mass is 650 g/mol. The van der Waals surface area contributed by atoms with Gasteiger partial charge in [0.2, 0.25) is 5.91 Å². The molecule has 226 valence electrons. The maximum Gasteiger partial charge on any atom is 0.296 e. The van der Waals surface area contributed by atoms with Crippen molar-refractivity contribution < 1.29 is 51.0 Å². The van der Waals surface area contributed by atoms with Gasteiger partial charge >= 0.3 is 0 Å². The SMILES string of the molecule is CC(=O)Nc1cc(SOOO)cc2cc(S(=O)(=O)O)c(N=Nc3cccc(S(=O)(=O)Nc4ccc(O)cc4C)c3)c(O)c12. The van der Waals surface area contributed by atoms with Gasteiger partial charge in [0.25, 0.3) is 20.1 Å². The smallest absolute Gasteiger partial charge is 0.296 e. The van der Waals surface area contributed by atoms with Crippen LogP contribution in [0.25, 0.3) is 10.8 Å². The first-order chi connectivity index (χ1) is 20.2. The molecule has 4 aromatic carbocycles. The number of hydrogen-bond acceptors (Lipinski definition) is 13. The summed E-state index contributed by atoms with van der Waals surface area (Å²) in [6.07, 6.45) is 0. The van der Waals surface area contributed by atoms with Crippen LogP contribution in [0.3, 0.4) is 0 Å². The first-order valence-electron chi connectivity index (χ1n) is 11.8. The van der Waals surface area contributed by atoms with Crippen molar-refractivity contribution in [1.29, 1.82) is 0 Å². The summed E-state index contributed by atoms with van der Waals surface area (Å²) in [5.41, 5.74) is -0.115. The number of nitrogens with zero attached hydrogens (tertiary/aromatic N) is 2. The van der Waals surface area contributed by atoms with Crippen molar-refractivity contribution in [2.45, 2.75) is 28.5 Å². The Morgan fingerprint density at radius 3 is 2.35 bits per heavy atom. The molecule has 0 atom stereocenters. The molecule has 0 spiro atoms. The molecule has 0 aliphatic carbocycles. The van der Waals surface area contributed by atoms with Crippen molar-refractivity contribution in [3.05, 3.63) is 66.2 Å². The van der Waals surface area contributed by atoms with E-state index in [0.717, 1.165) is 12.1 Å². The molecule has 0 aliphatic rings. The van der Waals surface area contributed by atoms with Crippen LogP contribution in [0.15, 0.2) is 85.6 Å². The van der Waals surface area contributed by atoms with Crippen LogP contribution in [0.2, 0.25) is 0 Å². The van der Waals surface area contributed by atoms with Gasteiger partial charge in [0.05, 0.1) is 34.0 Å². The van der Waals surface area contributed by atoms with Gasteiger partial charge in [-0.15, -0.1) is 9.45 Å². The van der Waals surface area contributed by atoms with E-state index in [1.54, 1.807) is 6.92 Å². The van der Waals surface area contributed by atoms with Crippen molar-refractivity contribution in [2.75, 3.05) is 10.0 Å². The van der Waals surface area contributed by atoms with Gasteiger partial charge in [-0.25, -0.2) is 13.7 Å². The second kappa shape index (κ2) is 12.5. The zero-order chi connectivity index (χ0) is 31.5. The maximum absolute atomic E-state index is 13.0. The number of fused-ring (bicyclic) bond motifs is 1. The predicted molar refractivity (Wildman–Crippen MR) is 155 cm³/mol. The fourth-order valence-electron chi connectivity index (χ4n) is 3.93. The van der Waals surface area contributed by atoms with Crippen LogP contribution in [0.1, 0.15) is 12.5 Å². The van der Waals surface area contributed by atoms with Gasteiger partial charge in [0, 0.05) is 17.2 Å². The minimum atomic E-state index is -5.02. The summed E-state index contributed by atoms with van der Waals surface area (Å²) in [4.78, 5) is 10.9. The fraction of sp³-hybridized carbons (Fsp3) is 0.0800. The summed E-state index contributed by atoms with van der Waals surface area (Å²) in [6, 6.07) is 12.8. The molecule has 0 heterocycles. The summed E-state index contributed by atoms with van der Waals surface area (Å²) >= 11 is 0.488. The van der Waals surface area contributed by atoms with Gasteiger partial charge in [-0.3, -0.25) is 14.1 Å². The molecule has 4 rings (SSSR count). The molecule has 0 saturated carbocycles. The molecular weight excluding hydrogens is 628 g/mol. The number of rotatable bonds is 10. The van der Waals surface area contributed by atoms with Crippen LogP contribution in [0.5, 0.6) is 11.5 Å². The Morgan fingerprint density at radius 1 is 0.953 bits per heavy atom. The maximum atomic E-state index is 13.0. The number of phenolic OH excluding ortho intramolecular Hbond substituents is 2. The molecule has 0 unspecified atom stereocenters. The molecular formula is C25H22N4O11S3. The third kappa shape index (κ3) is 7.38. The standard InChI is InChI=1S/C25H22N4O11S3/c1-13-8-17(31)6-7-20(13)29-42(34,35)19-5-3-4-16(11-19)27-28-24-22(43(36,37)38)10-15-9-18(41-40-39-33)12-21(26-14(2)30)23(15)25(24)32/h3-12,29,31-33H,1-2H3,(H,26,30)(H,36,37,38). The van der Waals surface area contributed by atoms with Crippen LogP contribution in [0, 0.1) is 6.92 Å². The number of aromatic hydroxyl groups is 2. The molecule has 0 fully saturated rings. The quantitative estimate of drug-likeness (QED) is 0.0316. The van der Waals surface area contributed by atoms with E-state index >= 15 is 0 Å². The van der Waals surface area contributed by atoms with Gasteiger partial charge in [-0.1, -0.05) is 11.1 Å². The number of carbonyl (C=O) groups excluding carboxylic acids is 1. The van der Waals surface area contributed by atoms with E-state index in [0.29, 0.717) is 17.6 Å². The van der Waals surface area contributed by atoms with E-state index in [9.17, 15) is 36.4 Å². The van der Waals surface area contributed by atoms with E-state index in [-0.39, 0.29) is 43.4 Å². The van der Waals surface area contributed by atoms with E-state index in [2.05, 4.69) is 29.6 Å². The number of anilines is 2. The summed E-state index contributed by atoms with van der Waals surface area (Å²) in [6.45, 7) is 2.78. The first kappa shape index (κ1) is 31.6. The van der Waals surface area contributed by atoms with Crippen molar-refractivity contribution in [3.8, 4) is 11.5 Å². The lowest BCUT2D eigenvalue weighted by molar-refractivity contribution is -0.432. The highest BCUT2D eigenvalue weighted by molar-refractivity contribution is 7.94. The third-order valence-electron chi connectivity index (χ3n) is 5.72. The first-order valence-corrected chi connectivity index (χ1v) is 15.4. The molecule has 0 aromatic heterocycles. The Balaban J connectivity index is 1.81. The number of carbonyl (C=O) groups is 1. The number of aryl methyl sites for hydroxylation is 1. The average molecular weight is 651 g/mol. The van der Waals surface area contributed by atoms with Crippen LogP contribution in [-0.4, -0.2) is 42.8 Å². The molecule has 0 saturated heterocycles. The van der Waals surface area contributed by atoms with Crippen LogP contribution in [-0.2, 0) is 34.3 Å². The average Bonchev–Trinajstić information content (AvgIpc) is 2.92. The second-order valence-electron chi connectivity index (χ2n) is 8.83. The number of amides is 1. The molecule has 0 aliphatic heterocycles. The van der Waals surface area contributed by atoms with Crippen molar-refractivity contribution in [3.63, 3.8) is 0 Å². The van der Waals surface area contributed by atoms with Crippen LogP contribution >= 0.6 is 12.0 Å². The molecule has 4 aromatic rings. The Morgan fingerprint density at radius 2 is 1.70 bits per heavy atom. The Hall–Kier alpha value is -4.30. The second-order valence-corrected chi connectivity index (χ2v) is 12.7. The van der Waals surface area contributed by atoms with E-state index in [4.69, 9.17) is 5.26 Å². The minimum absolute atomic E-state index is 0.00283. The van der Waals surface area contributed by atoms with Gasteiger partial charge < -0.3 is 15.5 Å². The summed E-state index contributed by atoms with van der Waals surface area (Å²) < 4.78 is 67.3. The highest BCUT2D eigenvalue weighted by Crippen LogP contribution is 2.45. The molecule has 0 radical (unpaired) electrons.